The Labute approximate surface area is 157 Å². The molecule has 1 heterocycles. The number of thioether (sulfide) groups is 1. The van der Waals surface area contributed by atoms with E-state index in [4.69, 9.17) is 16.0 Å². The number of nitrogens with zero attached hydrogens (tertiary/aromatic N) is 3. The van der Waals surface area contributed by atoms with Crippen LogP contribution in [-0.2, 0) is 6.54 Å². The van der Waals surface area contributed by atoms with E-state index in [9.17, 15) is 0 Å². The maximum atomic E-state index is 6.03. The minimum Gasteiger partial charge on any atom is -0.419 e. The lowest BCUT2D eigenvalue weighted by molar-refractivity contribution is 0.218. The van der Waals surface area contributed by atoms with E-state index in [0.717, 1.165) is 12.1 Å². The number of benzene rings is 2. The highest BCUT2D eigenvalue weighted by atomic mass is 35.5. The Bertz CT molecular complexity index is 835. The van der Waals surface area contributed by atoms with Crippen molar-refractivity contribution in [1.29, 1.82) is 0 Å². The molecule has 1 aromatic heterocycles. The molecule has 0 aliphatic carbocycles. The zero-order valence-corrected chi connectivity index (χ0v) is 16.0. The quantitative estimate of drug-likeness (QED) is 0.548. The van der Waals surface area contributed by atoms with Crippen molar-refractivity contribution in [3.8, 4) is 11.5 Å². The van der Waals surface area contributed by atoms with E-state index in [1.807, 2.05) is 24.3 Å². The number of halogens is 1. The van der Waals surface area contributed by atoms with Crippen molar-refractivity contribution in [3.63, 3.8) is 0 Å². The van der Waals surface area contributed by atoms with E-state index in [2.05, 4.69) is 59.6 Å². The summed E-state index contributed by atoms with van der Waals surface area (Å²) in [6, 6.07) is 16.0. The number of rotatable bonds is 6. The van der Waals surface area contributed by atoms with Gasteiger partial charge in [0.2, 0.25) is 11.8 Å². The van der Waals surface area contributed by atoms with Gasteiger partial charge in [-0.3, -0.25) is 4.90 Å². The van der Waals surface area contributed by atoms with E-state index in [1.54, 1.807) is 11.8 Å². The molecule has 0 amide bonds. The average Bonchev–Trinajstić information content (AvgIpc) is 3.12. The largest absolute Gasteiger partial charge is 0.419 e. The first-order chi connectivity index (χ1) is 12.1. The molecule has 3 rings (SSSR count). The van der Waals surface area contributed by atoms with E-state index in [1.165, 1.54) is 10.5 Å². The molecule has 25 heavy (non-hydrogen) atoms. The lowest BCUT2D eigenvalue weighted by Gasteiger charge is -2.21. The summed E-state index contributed by atoms with van der Waals surface area (Å²) in [5.74, 6) is 1.08. The maximum absolute atomic E-state index is 6.03. The van der Waals surface area contributed by atoms with Gasteiger partial charge in [0.15, 0.2) is 0 Å². The normalized spacial score (nSPS) is 12.5. The molecule has 1 unspecified atom stereocenters. The van der Waals surface area contributed by atoms with Gasteiger partial charge in [-0.05, 0) is 56.1 Å². The summed E-state index contributed by atoms with van der Waals surface area (Å²) in [6.07, 6.45) is 2.08. The Hall–Kier alpha value is -1.82. The molecule has 0 N–H and O–H groups in total. The van der Waals surface area contributed by atoms with E-state index in [-0.39, 0.29) is 6.04 Å². The highest BCUT2D eigenvalue weighted by Gasteiger charge is 2.19. The van der Waals surface area contributed by atoms with Gasteiger partial charge < -0.3 is 4.42 Å². The lowest BCUT2D eigenvalue weighted by atomic mass is 10.2. The van der Waals surface area contributed by atoms with Crippen molar-refractivity contribution < 1.29 is 4.42 Å². The molecular formula is C19H20ClN3OS. The zero-order valence-electron chi connectivity index (χ0n) is 14.4. The summed E-state index contributed by atoms with van der Waals surface area (Å²) in [4.78, 5) is 3.45. The molecule has 0 radical (unpaired) electrons. The molecule has 1 atom stereocenters. The summed E-state index contributed by atoms with van der Waals surface area (Å²) in [5, 5.41) is 9.01. The van der Waals surface area contributed by atoms with Crippen molar-refractivity contribution in [2.24, 2.45) is 0 Å². The average molecular weight is 374 g/mol. The Morgan fingerprint density at radius 2 is 1.92 bits per heavy atom. The molecule has 4 nitrogen and oxygen atoms in total. The highest BCUT2D eigenvalue weighted by molar-refractivity contribution is 7.98. The molecule has 0 fully saturated rings. The fourth-order valence-electron chi connectivity index (χ4n) is 2.49. The molecule has 0 saturated heterocycles. The van der Waals surface area contributed by atoms with Crippen LogP contribution in [-0.4, -0.2) is 28.4 Å². The Kier molecular flexibility index (Phi) is 5.78. The van der Waals surface area contributed by atoms with Crippen molar-refractivity contribution in [2.75, 3.05) is 13.3 Å². The third-order valence-corrected chi connectivity index (χ3v) is 5.10. The summed E-state index contributed by atoms with van der Waals surface area (Å²) >= 11 is 7.77. The summed E-state index contributed by atoms with van der Waals surface area (Å²) in [7, 11) is 2.05. The first-order valence-electron chi connectivity index (χ1n) is 7.99. The van der Waals surface area contributed by atoms with Gasteiger partial charge in [0, 0.05) is 22.0 Å². The van der Waals surface area contributed by atoms with Crippen LogP contribution < -0.4 is 0 Å². The van der Waals surface area contributed by atoms with Gasteiger partial charge in [-0.15, -0.1) is 22.0 Å². The molecule has 130 valence electrons. The second kappa shape index (κ2) is 8.04. The topological polar surface area (TPSA) is 42.2 Å². The highest BCUT2D eigenvalue weighted by Crippen LogP contribution is 2.26. The molecule has 0 spiro atoms. The zero-order chi connectivity index (χ0) is 17.8. The SMILES string of the molecule is CSc1ccc(CN(C)C(C)c2nnc(-c3cccc(Cl)c3)o2)cc1. The van der Waals surface area contributed by atoms with Gasteiger partial charge in [0.05, 0.1) is 6.04 Å². The molecule has 0 aliphatic rings. The molecule has 3 aromatic rings. The van der Waals surface area contributed by atoms with Crippen LogP contribution in [0.3, 0.4) is 0 Å². The van der Waals surface area contributed by atoms with Crippen LogP contribution in [0.5, 0.6) is 0 Å². The predicted molar refractivity (Wildman–Crippen MR) is 103 cm³/mol. The molecule has 6 heteroatoms. The van der Waals surface area contributed by atoms with E-state index in [0.29, 0.717) is 16.8 Å². The maximum Gasteiger partial charge on any atom is 0.247 e. The van der Waals surface area contributed by atoms with Crippen LogP contribution in [0.1, 0.15) is 24.4 Å². The van der Waals surface area contributed by atoms with Crippen LogP contribution in [0, 0.1) is 0 Å². The number of hydrogen-bond acceptors (Lipinski definition) is 5. The van der Waals surface area contributed by atoms with Crippen LogP contribution in [0.15, 0.2) is 57.8 Å². The van der Waals surface area contributed by atoms with Crippen molar-refractivity contribution in [1.82, 2.24) is 15.1 Å². The van der Waals surface area contributed by atoms with Gasteiger partial charge in [0.25, 0.3) is 0 Å². The molecule has 0 aliphatic heterocycles. The minimum atomic E-state index is 0.0145. The third-order valence-electron chi connectivity index (χ3n) is 4.12. The van der Waals surface area contributed by atoms with E-state index < -0.39 is 0 Å². The summed E-state index contributed by atoms with van der Waals surface area (Å²) in [6.45, 7) is 2.87. The fraction of sp³-hybridized carbons (Fsp3) is 0.263. The van der Waals surface area contributed by atoms with Gasteiger partial charge in [-0.25, -0.2) is 0 Å². The van der Waals surface area contributed by atoms with Gasteiger partial charge in [0.1, 0.15) is 0 Å². The third kappa shape index (κ3) is 4.42. The number of aromatic nitrogens is 2. The summed E-state index contributed by atoms with van der Waals surface area (Å²) < 4.78 is 5.86. The molecule has 2 aromatic carbocycles. The van der Waals surface area contributed by atoms with Gasteiger partial charge >= 0.3 is 0 Å². The second-order valence-corrected chi connectivity index (χ2v) is 7.21. The predicted octanol–water partition coefficient (Wildman–Crippen LogP) is 5.30. The minimum absolute atomic E-state index is 0.0145. The van der Waals surface area contributed by atoms with Crippen LogP contribution in [0.25, 0.3) is 11.5 Å². The lowest BCUT2D eigenvalue weighted by Crippen LogP contribution is -2.22. The monoisotopic (exact) mass is 373 g/mol. The standard InChI is InChI=1S/C19H20ClN3OS/c1-13(23(2)12-14-7-9-17(25-3)10-8-14)18-21-22-19(24-18)15-5-4-6-16(20)11-15/h4-11,13H,12H2,1-3H3. The molecule has 0 saturated carbocycles. The van der Waals surface area contributed by atoms with Crippen molar-refractivity contribution in [3.05, 3.63) is 65.0 Å². The van der Waals surface area contributed by atoms with Gasteiger partial charge in [-0.2, -0.15) is 0 Å². The van der Waals surface area contributed by atoms with Crippen LogP contribution in [0.2, 0.25) is 5.02 Å². The number of hydrogen-bond donors (Lipinski definition) is 0. The summed E-state index contributed by atoms with van der Waals surface area (Å²) in [5.41, 5.74) is 2.08. The van der Waals surface area contributed by atoms with Crippen LogP contribution in [0.4, 0.5) is 0 Å². The van der Waals surface area contributed by atoms with Crippen molar-refractivity contribution >= 4 is 23.4 Å². The first kappa shape index (κ1) is 18.0. The molecule has 0 bridgehead atoms. The van der Waals surface area contributed by atoms with E-state index >= 15 is 0 Å². The van der Waals surface area contributed by atoms with Gasteiger partial charge in [-0.1, -0.05) is 29.8 Å². The first-order valence-corrected chi connectivity index (χ1v) is 9.59. The molecular weight excluding hydrogens is 354 g/mol. The Balaban J connectivity index is 1.70. The Morgan fingerprint density at radius 1 is 1.16 bits per heavy atom. The fourth-order valence-corrected chi connectivity index (χ4v) is 3.08. The van der Waals surface area contributed by atoms with Crippen LogP contribution >= 0.6 is 23.4 Å². The second-order valence-electron chi connectivity index (χ2n) is 5.89. The smallest absolute Gasteiger partial charge is 0.247 e. The Morgan fingerprint density at radius 3 is 2.60 bits per heavy atom. The van der Waals surface area contributed by atoms with Crippen molar-refractivity contribution in [2.45, 2.75) is 24.4 Å².